The highest BCUT2D eigenvalue weighted by Gasteiger charge is 2.83. The maximum atomic E-state index is 15.5. The molecule has 0 aromatic carbocycles. The van der Waals surface area contributed by atoms with Crippen molar-refractivity contribution in [1.82, 2.24) is 0 Å². The van der Waals surface area contributed by atoms with E-state index in [0.29, 0.717) is 12.8 Å². The van der Waals surface area contributed by atoms with Gasteiger partial charge in [0.05, 0.1) is 6.10 Å². The van der Waals surface area contributed by atoms with E-state index in [9.17, 15) is 23.9 Å². The Morgan fingerprint density at radius 1 is 1.28 bits per heavy atom. The third-order valence-electron chi connectivity index (χ3n) is 9.41. The number of carbonyl (C=O) groups is 3. The van der Waals surface area contributed by atoms with Crippen LogP contribution in [0.2, 0.25) is 0 Å². The Kier molecular flexibility index (Phi) is 4.34. The summed E-state index contributed by atoms with van der Waals surface area (Å²) in [5.74, 6) is -4.08. The zero-order chi connectivity index (χ0) is 23.4. The van der Waals surface area contributed by atoms with Crippen LogP contribution in [-0.4, -0.2) is 52.7 Å². The highest BCUT2D eigenvalue weighted by atomic mass is 19.1. The molecule has 1 aliphatic heterocycles. The van der Waals surface area contributed by atoms with E-state index in [1.165, 1.54) is 6.92 Å². The number of aliphatic hydroxyl groups is 1. The number of ether oxygens (including phenoxy) is 2. The summed E-state index contributed by atoms with van der Waals surface area (Å²) in [4.78, 5) is 36.3. The number of carbonyl (C=O) groups excluding carboxylic acids is 3. The summed E-state index contributed by atoms with van der Waals surface area (Å²) in [6.45, 7) is 6.02. The fourth-order valence-electron chi connectivity index (χ4n) is 7.94. The van der Waals surface area contributed by atoms with E-state index in [0.717, 1.165) is 6.08 Å². The maximum absolute atomic E-state index is 15.5. The van der Waals surface area contributed by atoms with Crippen molar-refractivity contribution in [1.29, 1.82) is 0 Å². The normalized spacial score (nSPS) is 50.8. The molecule has 0 radical (unpaired) electrons. The van der Waals surface area contributed by atoms with Gasteiger partial charge in [-0.2, -0.15) is 0 Å². The molecule has 0 aromatic rings. The van der Waals surface area contributed by atoms with Gasteiger partial charge < -0.3 is 14.6 Å². The molecule has 8 heteroatoms. The molecule has 1 N–H and O–H groups in total. The Morgan fingerprint density at radius 3 is 2.62 bits per heavy atom. The number of hydrogen-bond acceptors (Lipinski definition) is 6. The SMILES string of the molecule is CC(=O)OCC(=O)[C@@]1(O)[C@H](C)C[C@H]2[C@@H]3C[C@H](F)C4=C(F)C(=O)C=C[C@]4(C)[C@]34OC4C[C@@]21C. The number of epoxide rings is 1. The highest BCUT2D eigenvalue weighted by Crippen LogP contribution is 2.76. The van der Waals surface area contributed by atoms with Crippen LogP contribution in [0.25, 0.3) is 0 Å². The number of allylic oxidation sites excluding steroid dienone is 2. The van der Waals surface area contributed by atoms with Gasteiger partial charge in [-0.1, -0.05) is 19.9 Å². The second-order valence-corrected chi connectivity index (χ2v) is 10.7. The van der Waals surface area contributed by atoms with E-state index >= 15 is 4.39 Å². The number of Topliss-reactive ketones (excluding diaryl/α,β-unsaturated/α-hetero) is 1. The van der Waals surface area contributed by atoms with Gasteiger partial charge in [-0.05, 0) is 50.0 Å². The number of ketones is 2. The van der Waals surface area contributed by atoms with Gasteiger partial charge in [0.2, 0.25) is 11.6 Å². The quantitative estimate of drug-likeness (QED) is 0.525. The van der Waals surface area contributed by atoms with Crippen molar-refractivity contribution in [3.8, 4) is 0 Å². The zero-order valence-electron chi connectivity index (χ0n) is 18.6. The molecule has 4 fully saturated rings. The van der Waals surface area contributed by atoms with Crippen LogP contribution in [0, 0.1) is 28.6 Å². The fraction of sp³-hybridized carbons (Fsp3) is 0.708. The van der Waals surface area contributed by atoms with Crippen molar-refractivity contribution < 1.29 is 37.7 Å². The molecular formula is C24H28F2O6. The van der Waals surface area contributed by atoms with Gasteiger partial charge >= 0.3 is 5.97 Å². The summed E-state index contributed by atoms with van der Waals surface area (Å²) in [7, 11) is 0. The molecule has 0 aromatic heterocycles. The third kappa shape index (κ3) is 2.28. The number of halogens is 2. The topological polar surface area (TPSA) is 93.2 Å². The minimum Gasteiger partial charge on any atom is -0.458 e. The first-order valence-electron chi connectivity index (χ1n) is 11.2. The highest BCUT2D eigenvalue weighted by molar-refractivity contribution is 6.04. The van der Waals surface area contributed by atoms with Gasteiger partial charge in [-0.15, -0.1) is 0 Å². The fourth-order valence-corrected chi connectivity index (χ4v) is 7.94. The first kappa shape index (κ1) is 21.9. The second kappa shape index (κ2) is 6.35. The molecule has 1 saturated heterocycles. The van der Waals surface area contributed by atoms with E-state index in [2.05, 4.69) is 0 Å². The first-order valence-corrected chi connectivity index (χ1v) is 11.2. The number of alkyl halides is 1. The lowest BCUT2D eigenvalue weighted by Crippen LogP contribution is -2.63. The van der Waals surface area contributed by atoms with Crippen molar-refractivity contribution in [2.75, 3.05) is 6.61 Å². The van der Waals surface area contributed by atoms with E-state index in [4.69, 9.17) is 9.47 Å². The summed E-state index contributed by atoms with van der Waals surface area (Å²) in [6.07, 6.45) is 1.44. The lowest BCUT2D eigenvalue weighted by atomic mass is 9.46. The Hall–Kier alpha value is -1.93. The van der Waals surface area contributed by atoms with Gasteiger partial charge in [0.15, 0.2) is 12.4 Å². The summed E-state index contributed by atoms with van der Waals surface area (Å²) in [5.41, 5.74) is -4.78. The van der Waals surface area contributed by atoms with Gasteiger partial charge in [0.1, 0.15) is 17.4 Å². The van der Waals surface area contributed by atoms with Gasteiger partial charge in [0, 0.05) is 23.3 Å². The number of fused-ring (bicyclic) bond motifs is 3. The second-order valence-electron chi connectivity index (χ2n) is 10.7. The summed E-state index contributed by atoms with van der Waals surface area (Å²) >= 11 is 0. The predicted octanol–water partition coefficient (Wildman–Crippen LogP) is 2.78. The van der Waals surface area contributed by atoms with E-state index in [1.807, 2.05) is 6.92 Å². The Bertz CT molecular complexity index is 1000. The molecule has 3 saturated carbocycles. The minimum atomic E-state index is -1.75. The predicted molar refractivity (Wildman–Crippen MR) is 108 cm³/mol. The molecule has 5 aliphatic rings. The smallest absolute Gasteiger partial charge is 0.303 e. The van der Waals surface area contributed by atoms with Crippen molar-refractivity contribution in [2.24, 2.45) is 28.6 Å². The number of hydrogen-bond donors (Lipinski definition) is 1. The Morgan fingerprint density at radius 2 is 1.97 bits per heavy atom. The average molecular weight is 450 g/mol. The lowest BCUT2D eigenvalue weighted by Gasteiger charge is -2.56. The van der Waals surface area contributed by atoms with Crippen LogP contribution in [0.4, 0.5) is 8.78 Å². The Labute approximate surface area is 185 Å². The van der Waals surface area contributed by atoms with Crippen molar-refractivity contribution in [3.05, 3.63) is 23.6 Å². The summed E-state index contributed by atoms with van der Waals surface area (Å²) < 4.78 is 41.4. The van der Waals surface area contributed by atoms with Crippen molar-refractivity contribution in [2.45, 2.75) is 70.4 Å². The number of rotatable bonds is 3. The van der Waals surface area contributed by atoms with Crippen LogP contribution in [0.1, 0.15) is 47.0 Å². The Balaban J connectivity index is 1.56. The van der Waals surface area contributed by atoms with Gasteiger partial charge in [-0.3, -0.25) is 14.4 Å². The van der Waals surface area contributed by atoms with E-state index in [1.54, 1.807) is 19.9 Å². The zero-order valence-corrected chi connectivity index (χ0v) is 18.6. The van der Waals surface area contributed by atoms with Crippen LogP contribution in [-0.2, 0) is 23.9 Å². The van der Waals surface area contributed by atoms with Crippen LogP contribution < -0.4 is 0 Å². The molecule has 174 valence electrons. The van der Waals surface area contributed by atoms with E-state index < -0.39 is 70.2 Å². The lowest BCUT2D eigenvalue weighted by molar-refractivity contribution is -0.171. The van der Waals surface area contributed by atoms with Gasteiger partial charge in [0.25, 0.3) is 0 Å². The van der Waals surface area contributed by atoms with Crippen LogP contribution in [0.3, 0.4) is 0 Å². The summed E-state index contributed by atoms with van der Waals surface area (Å²) in [6, 6.07) is 0. The van der Waals surface area contributed by atoms with Crippen LogP contribution in [0.15, 0.2) is 23.6 Å². The molecule has 32 heavy (non-hydrogen) atoms. The standard InChI is InChI=1S/C24H28F2O6/c1-11-7-13-14-8-15(25)19-20(26)16(28)5-6-21(19,3)24(14)18(32-24)9-22(13,4)23(11,30)17(29)10-31-12(2)27/h5-6,11,13-15,18,30H,7-10H2,1-4H3/t11-,13+,14+,15+,18?,21+,22+,23+,24+/m1/s1. The molecule has 1 unspecified atom stereocenters. The van der Waals surface area contributed by atoms with E-state index in [-0.39, 0.29) is 23.8 Å². The third-order valence-corrected chi connectivity index (χ3v) is 9.41. The van der Waals surface area contributed by atoms with Crippen LogP contribution in [0.5, 0.6) is 0 Å². The monoisotopic (exact) mass is 450 g/mol. The summed E-state index contributed by atoms with van der Waals surface area (Å²) in [5, 5.41) is 11.7. The molecule has 1 spiro atoms. The molecule has 9 atom stereocenters. The number of esters is 1. The van der Waals surface area contributed by atoms with Gasteiger partial charge in [-0.25, -0.2) is 8.78 Å². The average Bonchev–Trinajstić information content (AvgIpc) is 3.40. The molecule has 0 amide bonds. The maximum Gasteiger partial charge on any atom is 0.303 e. The molecular weight excluding hydrogens is 422 g/mol. The molecule has 5 rings (SSSR count). The van der Waals surface area contributed by atoms with Crippen molar-refractivity contribution >= 4 is 17.5 Å². The molecule has 0 bridgehead atoms. The molecule has 6 nitrogen and oxygen atoms in total. The van der Waals surface area contributed by atoms with Crippen LogP contribution >= 0.6 is 0 Å². The molecule has 1 heterocycles. The molecule has 4 aliphatic carbocycles. The van der Waals surface area contributed by atoms with Crippen molar-refractivity contribution in [3.63, 3.8) is 0 Å². The minimum absolute atomic E-state index is 0.0306. The first-order chi connectivity index (χ1) is 14.8. The largest absolute Gasteiger partial charge is 0.458 e.